The molecule has 1 aliphatic heterocycles. The zero-order valence-electron chi connectivity index (χ0n) is 10.8. The first kappa shape index (κ1) is 12.0. The van der Waals surface area contributed by atoms with E-state index in [2.05, 4.69) is 12.2 Å². The smallest absolute Gasteiger partial charge is 0.146 e. The summed E-state index contributed by atoms with van der Waals surface area (Å²) in [5.74, 6) is 0.947. The van der Waals surface area contributed by atoms with Gasteiger partial charge in [-0.2, -0.15) is 0 Å². The lowest BCUT2D eigenvalue weighted by Crippen LogP contribution is -2.29. The Balaban J connectivity index is 1.94. The predicted octanol–water partition coefficient (Wildman–Crippen LogP) is 4.01. The van der Waals surface area contributed by atoms with Gasteiger partial charge in [-0.15, -0.1) is 0 Å². The van der Waals surface area contributed by atoms with Gasteiger partial charge in [0.15, 0.2) is 0 Å². The van der Waals surface area contributed by atoms with E-state index in [0.717, 1.165) is 11.3 Å². The Bertz CT molecular complexity index is 584. The Morgan fingerprint density at radius 1 is 1.11 bits per heavy atom. The van der Waals surface area contributed by atoms with Crippen molar-refractivity contribution in [1.82, 2.24) is 0 Å². The minimum Gasteiger partial charge on any atom is -0.493 e. The number of para-hydroxylation sites is 2. The molecule has 1 heterocycles. The summed E-state index contributed by atoms with van der Waals surface area (Å²) in [6, 6.07) is 14.8. The van der Waals surface area contributed by atoms with Gasteiger partial charge >= 0.3 is 0 Å². The first-order valence-corrected chi connectivity index (χ1v) is 6.48. The third kappa shape index (κ3) is 2.28. The molecular formula is C16H16FNO. The highest BCUT2D eigenvalue weighted by Gasteiger charge is 2.27. The van der Waals surface area contributed by atoms with Crippen LogP contribution in [-0.2, 0) is 0 Å². The largest absolute Gasteiger partial charge is 0.493 e. The second-order valence-electron chi connectivity index (χ2n) is 4.93. The molecule has 0 aromatic heterocycles. The van der Waals surface area contributed by atoms with E-state index in [0.29, 0.717) is 12.3 Å². The zero-order chi connectivity index (χ0) is 13.2. The van der Waals surface area contributed by atoms with Gasteiger partial charge in [-0.3, -0.25) is 0 Å². The van der Waals surface area contributed by atoms with Crippen LogP contribution in [0.4, 0.5) is 10.1 Å². The van der Waals surface area contributed by atoms with Crippen LogP contribution in [0.25, 0.3) is 0 Å². The van der Waals surface area contributed by atoms with Crippen molar-refractivity contribution in [2.24, 2.45) is 5.92 Å². The maximum atomic E-state index is 13.8. The lowest BCUT2D eigenvalue weighted by Gasteiger charge is -2.32. The fourth-order valence-corrected chi connectivity index (χ4v) is 2.46. The molecule has 98 valence electrons. The standard InChI is InChI=1S/C16H16FNO/c1-11-10-19-15-9-5-2-6-12(15)16(11)18-14-8-4-3-7-13(14)17/h2-9,11,16,18H,10H2,1H3. The van der Waals surface area contributed by atoms with Crippen molar-refractivity contribution in [3.8, 4) is 5.75 Å². The van der Waals surface area contributed by atoms with Crippen molar-refractivity contribution >= 4 is 5.69 Å². The van der Waals surface area contributed by atoms with E-state index in [-0.39, 0.29) is 17.8 Å². The van der Waals surface area contributed by atoms with Crippen LogP contribution in [0.15, 0.2) is 48.5 Å². The monoisotopic (exact) mass is 257 g/mol. The molecule has 0 spiro atoms. The fourth-order valence-electron chi connectivity index (χ4n) is 2.46. The zero-order valence-corrected chi connectivity index (χ0v) is 10.8. The summed E-state index contributed by atoms with van der Waals surface area (Å²) in [4.78, 5) is 0. The minimum absolute atomic E-state index is 0.0712. The molecule has 0 amide bonds. The molecule has 3 rings (SSSR count). The Labute approximate surface area is 112 Å². The molecule has 0 radical (unpaired) electrons. The van der Waals surface area contributed by atoms with Crippen LogP contribution in [0.5, 0.6) is 5.75 Å². The molecule has 1 N–H and O–H groups in total. The van der Waals surface area contributed by atoms with Crippen LogP contribution in [0.1, 0.15) is 18.5 Å². The highest BCUT2D eigenvalue weighted by atomic mass is 19.1. The van der Waals surface area contributed by atoms with Crippen LogP contribution < -0.4 is 10.1 Å². The maximum Gasteiger partial charge on any atom is 0.146 e. The lowest BCUT2D eigenvalue weighted by atomic mass is 9.92. The van der Waals surface area contributed by atoms with Gasteiger partial charge in [-0.1, -0.05) is 37.3 Å². The van der Waals surface area contributed by atoms with Crippen LogP contribution in [0.2, 0.25) is 0 Å². The van der Waals surface area contributed by atoms with Crippen molar-refractivity contribution in [2.45, 2.75) is 13.0 Å². The second kappa shape index (κ2) is 4.92. The number of hydrogen-bond donors (Lipinski definition) is 1. The summed E-state index contributed by atoms with van der Waals surface area (Å²) in [7, 11) is 0. The van der Waals surface area contributed by atoms with E-state index < -0.39 is 0 Å². The number of benzene rings is 2. The van der Waals surface area contributed by atoms with Crippen molar-refractivity contribution < 1.29 is 9.13 Å². The molecule has 2 unspecified atom stereocenters. The molecule has 1 aliphatic rings. The quantitative estimate of drug-likeness (QED) is 0.877. The van der Waals surface area contributed by atoms with Gasteiger partial charge in [0, 0.05) is 11.5 Å². The molecule has 2 aromatic rings. The molecule has 2 atom stereocenters. The topological polar surface area (TPSA) is 21.3 Å². The summed E-state index contributed by atoms with van der Waals surface area (Å²) in [6.45, 7) is 2.75. The molecule has 0 saturated carbocycles. The van der Waals surface area contributed by atoms with E-state index in [1.807, 2.05) is 30.3 Å². The van der Waals surface area contributed by atoms with Crippen molar-refractivity contribution in [1.29, 1.82) is 0 Å². The Morgan fingerprint density at radius 2 is 1.84 bits per heavy atom. The number of fused-ring (bicyclic) bond motifs is 1. The summed E-state index contributed by atoms with van der Waals surface area (Å²) in [6.07, 6.45) is 0. The molecule has 0 saturated heterocycles. The number of rotatable bonds is 2. The third-order valence-corrected chi connectivity index (χ3v) is 3.51. The van der Waals surface area contributed by atoms with Crippen LogP contribution >= 0.6 is 0 Å². The van der Waals surface area contributed by atoms with Crippen molar-refractivity contribution in [3.05, 3.63) is 59.9 Å². The molecule has 2 aromatic carbocycles. The van der Waals surface area contributed by atoms with Gasteiger partial charge in [0.2, 0.25) is 0 Å². The number of halogens is 1. The highest BCUT2D eigenvalue weighted by Crippen LogP contribution is 2.37. The summed E-state index contributed by atoms with van der Waals surface area (Å²) < 4.78 is 19.5. The normalized spacial score (nSPS) is 21.4. The van der Waals surface area contributed by atoms with Crippen molar-refractivity contribution in [3.63, 3.8) is 0 Å². The molecule has 3 heteroatoms. The van der Waals surface area contributed by atoms with Gasteiger partial charge in [0.25, 0.3) is 0 Å². The van der Waals surface area contributed by atoms with Gasteiger partial charge in [-0.05, 0) is 18.2 Å². The molecule has 19 heavy (non-hydrogen) atoms. The first-order chi connectivity index (χ1) is 9.25. The highest BCUT2D eigenvalue weighted by molar-refractivity contribution is 5.49. The third-order valence-electron chi connectivity index (χ3n) is 3.51. The van der Waals surface area contributed by atoms with E-state index in [4.69, 9.17) is 4.74 Å². The van der Waals surface area contributed by atoms with Crippen LogP contribution in [0, 0.1) is 11.7 Å². The van der Waals surface area contributed by atoms with Gasteiger partial charge in [0.1, 0.15) is 11.6 Å². The number of ether oxygens (including phenoxy) is 1. The Kier molecular flexibility index (Phi) is 3.11. The Hall–Kier alpha value is -2.03. The first-order valence-electron chi connectivity index (χ1n) is 6.48. The van der Waals surface area contributed by atoms with Crippen LogP contribution in [-0.4, -0.2) is 6.61 Å². The van der Waals surface area contributed by atoms with Gasteiger partial charge < -0.3 is 10.1 Å². The summed E-state index contributed by atoms with van der Waals surface area (Å²) >= 11 is 0. The average Bonchev–Trinajstić information content (AvgIpc) is 2.44. The average molecular weight is 257 g/mol. The lowest BCUT2D eigenvalue weighted by molar-refractivity contribution is 0.214. The van der Waals surface area contributed by atoms with Gasteiger partial charge in [-0.25, -0.2) is 4.39 Å². The summed E-state index contributed by atoms with van der Waals surface area (Å²) in [5, 5.41) is 3.30. The predicted molar refractivity (Wildman–Crippen MR) is 73.9 cm³/mol. The fraction of sp³-hybridized carbons (Fsp3) is 0.250. The second-order valence-corrected chi connectivity index (χ2v) is 4.93. The van der Waals surface area contributed by atoms with E-state index >= 15 is 0 Å². The number of anilines is 1. The Morgan fingerprint density at radius 3 is 2.68 bits per heavy atom. The molecule has 2 nitrogen and oxygen atoms in total. The number of nitrogens with one attached hydrogen (secondary N) is 1. The number of hydrogen-bond acceptors (Lipinski definition) is 2. The molecule has 0 aliphatic carbocycles. The molecular weight excluding hydrogens is 241 g/mol. The van der Waals surface area contributed by atoms with E-state index in [1.165, 1.54) is 6.07 Å². The SMILES string of the molecule is CC1COc2ccccc2C1Nc1ccccc1F. The van der Waals surface area contributed by atoms with Crippen molar-refractivity contribution in [2.75, 3.05) is 11.9 Å². The molecule has 0 fully saturated rings. The van der Waals surface area contributed by atoms with Crippen LogP contribution in [0.3, 0.4) is 0 Å². The van der Waals surface area contributed by atoms with E-state index in [1.54, 1.807) is 12.1 Å². The minimum atomic E-state index is -0.223. The summed E-state index contributed by atoms with van der Waals surface area (Å²) in [5.41, 5.74) is 1.63. The molecule has 0 bridgehead atoms. The maximum absolute atomic E-state index is 13.8. The van der Waals surface area contributed by atoms with E-state index in [9.17, 15) is 4.39 Å². The van der Waals surface area contributed by atoms with Gasteiger partial charge in [0.05, 0.1) is 18.3 Å².